The lowest BCUT2D eigenvalue weighted by atomic mass is 9.92. The molecule has 2 fully saturated rings. The fourth-order valence-electron chi connectivity index (χ4n) is 4.83. The quantitative estimate of drug-likeness (QED) is 0.738. The van der Waals surface area contributed by atoms with Crippen molar-refractivity contribution >= 4 is 15.7 Å². The number of fused-ring (bicyclic) bond motifs is 1. The molecule has 3 aliphatic rings. The number of carbonyl (C=O) groups excluding carboxylic acids is 1. The van der Waals surface area contributed by atoms with Gasteiger partial charge >= 0.3 is 0 Å². The molecule has 1 aliphatic carbocycles. The average molecular weight is 437 g/mol. The summed E-state index contributed by atoms with van der Waals surface area (Å²) in [6, 6.07) is 5.78. The van der Waals surface area contributed by atoms with Crippen molar-refractivity contribution in [1.82, 2.24) is 10.2 Å². The molecule has 166 valence electrons. The minimum Gasteiger partial charge on any atom is -0.454 e. The highest BCUT2D eigenvalue weighted by Gasteiger charge is 2.38. The van der Waals surface area contributed by atoms with Crippen LogP contribution in [0.15, 0.2) is 18.2 Å². The number of carbonyl (C=O) groups is 1. The van der Waals surface area contributed by atoms with Crippen molar-refractivity contribution < 1.29 is 22.7 Å². The van der Waals surface area contributed by atoms with E-state index in [1.165, 1.54) is 6.42 Å². The smallest absolute Gasteiger partial charge is 0.237 e. The van der Waals surface area contributed by atoms with Gasteiger partial charge in [-0.1, -0.05) is 25.3 Å². The van der Waals surface area contributed by atoms with Crippen molar-refractivity contribution in [3.63, 3.8) is 0 Å². The Bertz CT molecular complexity index is 893. The maximum absolute atomic E-state index is 13.3. The lowest BCUT2D eigenvalue weighted by molar-refractivity contribution is -0.135. The van der Waals surface area contributed by atoms with Crippen LogP contribution in [-0.4, -0.2) is 56.2 Å². The molecular weight excluding hydrogens is 404 g/mol. The zero-order valence-electron chi connectivity index (χ0n) is 17.9. The Morgan fingerprint density at radius 3 is 2.53 bits per heavy atom. The van der Waals surface area contributed by atoms with Crippen molar-refractivity contribution in [3.05, 3.63) is 23.8 Å². The largest absolute Gasteiger partial charge is 0.454 e. The fourth-order valence-corrected chi connectivity index (χ4v) is 6.55. The van der Waals surface area contributed by atoms with E-state index in [1.54, 1.807) is 0 Å². The Morgan fingerprint density at radius 1 is 1.10 bits per heavy atom. The van der Waals surface area contributed by atoms with E-state index in [1.807, 2.05) is 36.9 Å². The molecule has 1 unspecified atom stereocenters. The van der Waals surface area contributed by atoms with Gasteiger partial charge in [0, 0.05) is 17.6 Å². The number of rotatable bonds is 6. The molecular formula is C22H32N2O5S. The molecule has 7 nitrogen and oxygen atoms in total. The fraction of sp³-hybridized carbons (Fsp3) is 0.682. The number of amides is 1. The van der Waals surface area contributed by atoms with Crippen LogP contribution in [0.2, 0.25) is 0 Å². The Morgan fingerprint density at radius 2 is 1.83 bits per heavy atom. The Labute approximate surface area is 179 Å². The molecule has 0 bridgehead atoms. The standard InChI is InChI=1S/C22H32N2O5S/c1-22(2,16-8-9-19-20(12-16)29-15-28-19)23-13-21(25)24(17-6-4-3-5-7-17)18-10-11-30(26,27)14-18/h8-9,12,17-18,23H,3-7,10-11,13-15H2,1-2H3. The first-order valence-electron chi connectivity index (χ1n) is 10.9. The molecule has 8 heteroatoms. The molecule has 1 N–H and O–H groups in total. The molecule has 1 aromatic rings. The lowest BCUT2D eigenvalue weighted by Gasteiger charge is -2.39. The summed E-state index contributed by atoms with van der Waals surface area (Å²) < 4.78 is 35.0. The van der Waals surface area contributed by atoms with Crippen LogP contribution in [0.5, 0.6) is 11.5 Å². The normalized spacial score (nSPS) is 23.5. The second-order valence-corrected chi connectivity index (χ2v) is 11.4. The van der Waals surface area contributed by atoms with Crippen molar-refractivity contribution in [3.8, 4) is 11.5 Å². The lowest BCUT2D eigenvalue weighted by Crippen LogP contribution is -2.53. The Hall–Kier alpha value is -1.80. The zero-order chi connectivity index (χ0) is 21.4. The highest BCUT2D eigenvalue weighted by Crippen LogP contribution is 2.35. The van der Waals surface area contributed by atoms with Crippen LogP contribution in [0.3, 0.4) is 0 Å². The summed E-state index contributed by atoms with van der Waals surface area (Å²) in [6.07, 6.45) is 5.88. The van der Waals surface area contributed by atoms with Gasteiger partial charge in [-0.15, -0.1) is 0 Å². The topological polar surface area (TPSA) is 84.9 Å². The van der Waals surface area contributed by atoms with Gasteiger partial charge in [-0.3, -0.25) is 10.1 Å². The van der Waals surface area contributed by atoms with Gasteiger partial charge in [0.15, 0.2) is 21.3 Å². The molecule has 1 saturated carbocycles. The van der Waals surface area contributed by atoms with Gasteiger partial charge in [0.05, 0.1) is 18.1 Å². The van der Waals surface area contributed by atoms with Crippen molar-refractivity contribution in [2.45, 2.75) is 70.0 Å². The van der Waals surface area contributed by atoms with Crippen molar-refractivity contribution in [1.29, 1.82) is 0 Å². The predicted molar refractivity (Wildman–Crippen MR) is 114 cm³/mol. The molecule has 0 spiro atoms. The molecule has 1 saturated heterocycles. The average Bonchev–Trinajstić information content (AvgIpc) is 3.33. The zero-order valence-corrected chi connectivity index (χ0v) is 18.7. The Kier molecular flexibility index (Phi) is 5.99. The highest BCUT2D eigenvalue weighted by atomic mass is 32.2. The third kappa shape index (κ3) is 4.59. The predicted octanol–water partition coefficient (Wildman–Crippen LogP) is 2.59. The van der Waals surface area contributed by atoms with E-state index in [4.69, 9.17) is 9.47 Å². The van der Waals surface area contributed by atoms with Gasteiger partial charge in [0.25, 0.3) is 0 Å². The van der Waals surface area contributed by atoms with Gasteiger partial charge in [-0.05, 0) is 50.8 Å². The summed E-state index contributed by atoms with van der Waals surface area (Å²) >= 11 is 0. The van der Waals surface area contributed by atoms with E-state index < -0.39 is 15.4 Å². The molecule has 2 aliphatic heterocycles. The SMILES string of the molecule is CC(C)(NCC(=O)N(C1CCCCC1)C1CCS(=O)(=O)C1)c1ccc2c(c1)OCO2. The second-order valence-electron chi connectivity index (χ2n) is 9.20. The van der Waals surface area contributed by atoms with Crippen molar-refractivity contribution in [2.75, 3.05) is 24.8 Å². The van der Waals surface area contributed by atoms with E-state index in [-0.39, 0.29) is 42.8 Å². The van der Waals surface area contributed by atoms with Crippen molar-refractivity contribution in [2.24, 2.45) is 0 Å². The molecule has 1 atom stereocenters. The van der Waals surface area contributed by atoms with E-state index in [9.17, 15) is 13.2 Å². The summed E-state index contributed by atoms with van der Waals surface area (Å²) in [5, 5.41) is 3.39. The second kappa shape index (κ2) is 8.38. The number of benzene rings is 1. The third-order valence-electron chi connectivity index (χ3n) is 6.63. The van der Waals surface area contributed by atoms with Gasteiger partial charge in [-0.2, -0.15) is 0 Å². The molecule has 1 aromatic carbocycles. The Balaban J connectivity index is 1.46. The first-order valence-corrected chi connectivity index (χ1v) is 12.7. The number of ether oxygens (including phenoxy) is 2. The number of nitrogens with one attached hydrogen (secondary N) is 1. The summed E-state index contributed by atoms with van der Waals surface area (Å²) in [7, 11) is -3.04. The van der Waals surface area contributed by atoms with Crippen LogP contribution in [-0.2, 0) is 20.2 Å². The highest BCUT2D eigenvalue weighted by molar-refractivity contribution is 7.91. The van der Waals surface area contributed by atoms with Gasteiger partial charge in [0.2, 0.25) is 12.7 Å². The number of sulfone groups is 1. The summed E-state index contributed by atoms with van der Waals surface area (Å²) in [6.45, 7) is 4.46. The molecule has 0 aromatic heterocycles. The number of hydrogen-bond donors (Lipinski definition) is 1. The number of nitrogens with zero attached hydrogens (tertiary/aromatic N) is 1. The van der Waals surface area contributed by atoms with E-state index >= 15 is 0 Å². The third-order valence-corrected chi connectivity index (χ3v) is 8.38. The summed E-state index contributed by atoms with van der Waals surface area (Å²) in [4.78, 5) is 15.2. The van der Waals surface area contributed by atoms with E-state index in [0.29, 0.717) is 12.2 Å². The molecule has 30 heavy (non-hydrogen) atoms. The first-order chi connectivity index (χ1) is 14.3. The van der Waals surface area contributed by atoms with Crippen LogP contribution >= 0.6 is 0 Å². The minimum absolute atomic E-state index is 0.00202. The first kappa shape index (κ1) is 21.4. The van der Waals surface area contributed by atoms with Gasteiger partial charge < -0.3 is 14.4 Å². The van der Waals surface area contributed by atoms with Gasteiger partial charge in [-0.25, -0.2) is 8.42 Å². The molecule has 0 radical (unpaired) electrons. The van der Waals surface area contributed by atoms with Crippen LogP contribution in [0.4, 0.5) is 0 Å². The van der Waals surface area contributed by atoms with Crippen LogP contribution in [0.1, 0.15) is 57.9 Å². The van der Waals surface area contributed by atoms with Crippen LogP contribution < -0.4 is 14.8 Å². The molecule has 4 rings (SSSR count). The molecule has 2 heterocycles. The van der Waals surface area contributed by atoms with E-state index in [0.717, 1.165) is 37.0 Å². The monoisotopic (exact) mass is 436 g/mol. The maximum atomic E-state index is 13.3. The van der Waals surface area contributed by atoms with E-state index in [2.05, 4.69) is 5.32 Å². The van der Waals surface area contributed by atoms with Crippen LogP contribution in [0, 0.1) is 0 Å². The van der Waals surface area contributed by atoms with Gasteiger partial charge in [0.1, 0.15) is 0 Å². The number of hydrogen-bond acceptors (Lipinski definition) is 6. The summed E-state index contributed by atoms with van der Waals surface area (Å²) in [5.74, 6) is 1.73. The van der Waals surface area contributed by atoms with Crippen LogP contribution in [0.25, 0.3) is 0 Å². The maximum Gasteiger partial charge on any atom is 0.237 e. The minimum atomic E-state index is -3.04. The molecule has 1 amide bonds. The summed E-state index contributed by atoms with van der Waals surface area (Å²) in [5.41, 5.74) is 0.559.